The first-order valence-corrected chi connectivity index (χ1v) is 13.5. The second-order valence-electron chi connectivity index (χ2n) is 10.5. The molecule has 0 spiro atoms. The fraction of sp³-hybridized carbons (Fsp3) is 0.393. The number of esters is 1. The first-order valence-electron chi connectivity index (χ1n) is 13.5. The molecule has 2 bridgehead atoms. The molecule has 8 heterocycles. The van der Waals surface area contributed by atoms with Crippen LogP contribution in [-0.4, -0.2) is 84.6 Å². The minimum absolute atomic E-state index is 0.0152. The number of nitrogens with zero attached hydrogens (tertiary/aromatic N) is 5. The summed E-state index contributed by atoms with van der Waals surface area (Å²) in [5.41, 5.74) is 15.3. The van der Waals surface area contributed by atoms with Gasteiger partial charge in [-0.25, -0.2) is 25.6 Å². The third-order valence-corrected chi connectivity index (χ3v) is 8.17. The number of carbonyl (C=O) groups is 1. The van der Waals surface area contributed by atoms with E-state index in [2.05, 4.69) is 49.3 Å². The summed E-state index contributed by atoms with van der Waals surface area (Å²) in [6.45, 7) is 3.37. The third kappa shape index (κ3) is 4.48. The number of methoxy groups -OCH3 is 2. The average Bonchev–Trinajstić information content (AvgIpc) is 3.60. The smallest absolute Gasteiger partial charge is 0.343 e. The highest BCUT2D eigenvalue weighted by Gasteiger charge is 2.45. The van der Waals surface area contributed by atoms with Crippen molar-refractivity contribution < 1.29 is 19.0 Å². The topological polar surface area (TPSA) is 116 Å². The lowest BCUT2D eigenvalue weighted by molar-refractivity contribution is -0.144. The van der Waals surface area contributed by atoms with Crippen LogP contribution in [0.25, 0.3) is 5.57 Å². The van der Waals surface area contributed by atoms with Gasteiger partial charge in [0.2, 0.25) is 5.88 Å². The first-order chi connectivity index (χ1) is 19.6. The van der Waals surface area contributed by atoms with Gasteiger partial charge in [-0.3, -0.25) is 15.3 Å². The van der Waals surface area contributed by atoms with Crippen molar-refractivity contribution in [1.82, 2.24) is 36.2 Å². The summed E-state index contributed by atoms with van der Waals surface area (Å²) >= 11 is 0. The SMILES string of the molecule is COC(=O)COC1=CN2NC3NNCC3=C2C(c2ccc(N3CC4CC(C3)N4Cc3ccc(OC)nc3)nc2)=C1. The van der Waals surface area contributed by atoms with Crippen molar-refractivity contribution in [2.45, 2.75) is 31.2 Å². The number of ether oxygens (including phenoxy) is 3. The maximum atomic E-state index is 11.7. The van der Waals surface area contributed by atoms with Crippen molar-refractivity contribution in [2.24, 2.45) is 0 Å². The normalized spacial score (nSPS) is 25.1. The van der Waals surface area contributed by atoms with E-state index >= 15 is 0 Å². The first kappa shape index (κ1) is 25.0. The number of pyridine rings is 2. The predicted octanol–water partition coefficient (Wildman–Crippen LogP) is 0.885. The van der Waals surface area contributed by atoms with Crippen molar-refractivity contribution in [3.05, 3.63) is 77.1 Å². The Morgan fingerprint density at radius 2 is 1.98 bits per heavy atom. The molecule has 0 aromatic carbocycles. The van der Waals surface area contributed by atoms with E-state index in [0.29, 0.717) is 23.7 Å². The van der Waals surface area contributed by atoms with Gasteiger partial charge >= 0.3 is 5.97 Å². The molecular formula is C28H32N8O4. The fourth-order valence-electron chi connectivity index (χ4n) is 6.11. The summed E-state index contributed by atoms with van der Waals surface area (Å²) in [5, 5.41) is 1.95. The molecule has 0 aliphatic carbocycles. The zero-order chi connectivity index (χ0) is 27.2. The highest BCUT2D eigenvalue weighted by molar-refractivity contribution is 5.83. The molecule has 12 heteroatoms. The second kappa shape index (κ2) is 10.2. The Kier molecular flexibility index (Phi) is 6.39. The van der Waals surface area contributed by atoms with Crippen LogP contribution < -0.4 is 25.9 Å². The molecule has 3 N–H and O–H groups in total. The molecule has 12 nitrogen and oxygen atoms in total. The van der Waals surface area contributed by atoms with E-state index in [1.54, 1.807) is 7.11 Å². The summed E-state index contributed by atoms with van der Waals surface area (Å²) in [4.78, 5) is 25.9. The van der Waals surface area contributed by atoms with Crippen molar-refractivity contribution in [3.8, 4) is 5.88 Å². The lowest BCUT2D eigenvalue weighted by Gasteiger charge is -2.56. The molecule has 40 heavy (non-hydrogen) atoms. The van der Waals surface area contributed by atoms with Crippen LogP contribution in [-0.2, 0) is 20.8 Å². The minimum atomic E-state index is -0.429. The quantitative estimate of drug-likeness (QED) is 0.410. The summed E-state index contributed by atoms with van der Waals surface area (Å²) in [7, 11) is 2.99. The molecule has 3 unspecified atom stereocenters. The summed E-state index contributed by atoms with van der Waals surface area (Å²) < 4.78 is 15.7. The van der Waals surface area contributed by atoms with Crippen LogP contribution >= 0.6 is 0 Å². The number of fused-ring (bicyclic) bond motifs is 4. The molecule has 0 saturated carbocycles. The lowest BCUT2D eigenvalue weighted by Crippen LogP contribution is -2.68. The summed E-state index contributed by atoms with van der Waals surface area (Å²) in [6.07, 6.45) is 8.85. The number of anilines is 1. The van der Waals surface area contributed by atoms with Gasteiger partial charge in [-0.2, -0.15) is 0 Å². The summed E-state index contributed by atoms with van der Waals surface area (Å²) in [6, 6.07) is 9.25. The minimum Gasteiger partial charge on any atom is -0.481 e. The number of aromatic nitrogens is 2. The fourth-order valence-corrected chi connectivity index (χ4v) is 6.11. The molecule has 6 aliphatic heterocycles. The van der Waals surface area contributed by atoms with E-state index in [0.717, 1.165) is 48.8 Å². The van der Waals surface area contributed by atoms with Crippen molar-refractivity contribution in [3.63, 3.8) is 0 Å². The van der Waals surface area contributed by atoms with E-state index in [1.807, 2.05) is 35.7 Å². The highest BCUT2D eigenvalue weighted by atomic mass is 16.6. The Hall–Kier alpha value is -3.97. The third-order valence-electron chi connectivity index (χ3n) is 8.17. The predicted molar refractivity (Wildman–Crippen MR) is 146 cm³/mol. The van der Waals surface area contributed by atoms with E-state index in [9.17, 15) is 4.79 Å². The van der Waals surface area contributed by atoms with E-state index in [4.69, 9.17) is 19.2 Å². The van der Waals surface area contributed by atoms with Crippen LogP contribution in [0.3, 0.4) is 0 Å². The Bertz CT molecular complexity index is 1380. The number of piperidine rings is 1. The number of hydrogen-bond donors (Lipinski definition) is 3. The molecule has 2 aromatic rings. The van der Waals surface area contributed by atoms with Crippen molar-refractivity contribution in [2.75, 3.05) is 45.4 Å². The lowest BCUT2D eigenvalue weighted by atomic mass is 9.87. The standard InChI is InChI=1S/C28H32N8O4/c1-38-25-6-3-17(9-30-25)12-35-19-7-20(35)14-34(13-19)24-5-4-18(10-29-24)22-8-21(40-16-26(37)39-2)15-36-27(22)23-11-31-32-28(23)33-36/h3-6,8-10,15,19-20,28,31-33H,7,11-14,16H2,1-2H3. The zero-order valence-electron chi connectivity index (χ0n) is 22.5. The molecular weight excluding hydrogens is 512 g/mol. The van der Waals surface area contributed by atoms with Gasteiger partial charge in [0, 0.05) is 73.4 Å². The van der Waals surface area contributed by atoms with Gasteiger partial charge in [0.15, 0.2) is 6.61 Å². The van der Waals surface area contributed by atoms with Crippen LogP contribution in [0.15, 0.2) is 66.0 Å². The van der Waals surface area contributed by atoms with Crippen molar-refractivity contribution >= 4 is 17.4 Å². The van der Waals surface area contributed by atoms with Gasteiger partial charge in [0.25, 0.3) is 0 Å². The molecule has 208 valence electrons. The average molecular weight is 545 g/mol. The maximum absolute atomic E-state index is 11.7. The Morgan fingerprint density at radius 1 is 1.10 bits per heavy atom. The van der Waals surface area contributed by atoms with Gasteiger partial charge in [0.05, 0.1) is 26.1 Å². The molecule has 6 aliphatic rings. The van der Waals surface area contributed by atoms with Gasteiger partial charge in [-0.1, -0.05) is 6.07 Å². The number of hydrogen-bond acceptors (Lipinski definition) is 12. The molecule has 4 saturated heterocycles. The highest BCUT2D eigenvalue weighted by Crippen LogP contribution is 2.39. The number of rotatable bonds is 8. The number of nitrogens with one attached hydrogen (secondary N) is 3. The Morgan fingerprint density at radius 3 is 2.70 bits per heavy atom. The largest absolute Gasteiger partial charge is 0.481 e. The Balaban J connectivity index is 1.06. The number of piperazine rings is 1. The van der Waals surface area contributed by atoms with E-state index < -0.39 is 5.97 Å². The van der Waals surface area contributed by atoms with Crippen LogP contribution in [0.2, 0.25) is 0 Å². The number of carbonyl (C=O) groups excluding carboxylic acids is 1. The van der Waals surface area contributed by atoms with Gasteiger partial charge < -0.3 is 19.1 Å². The van der Waals surface area contributed by atoms with Crippen molar-refractivity contribution in [1.29, 1.82) is 0 Å². The van der Waals surface area contributed by atoms with E-state index in [1.165, 1.54) is 24.7 Å². The van der Waals surface area contributed by atoms with Crippen LogP contribution in [0.1, 0.15) is 17.5 Å². The second-order valence-corrected chi connectivity index (χ2v) is 10.5. The van der Waals surface area contributed by atoms with Crippen LogP contribution in [0, 0.1) is 0 Å². The summed E-state index contributed by atoms with van der Waals surface area (Å²) in [5.74, 6) is 1.77. The molecule has 3 atom stereocenters. The van der Waals surface area contributed by atoms with Gasteiger partial charge in [-0.05, 0) is 30.2 Å². The van der Waals surface area contributed by atoms with Gasteiger partial charge in [0.1, 0.15) is 17.7 Å². The molecule has 8 rings (SSSR count). The van der Waals surface area contributed by atoms with E-state index in [-0.39, 0.29) is 12.8 Å². The van der Waals surface area contributed by atoms with Crippen LogP contribution in [0.4, 0.5) is 5.82 Å². The van der Waals surface area contributed by atoms with Gasteiger partial charge in [-0.15, -0.1) is 0 Å². The van der Waals surface area contributed by atoms with Crippen LogP contribution in [0.5, 0.6) is 5.88 Å². The molecule has 4 fully saturated rings. The molecule has 2 aromatic heterocycles. The Labute approximate surface area is 232 Å². The maximum Gasteiger partial charge on any atom is 0.343 e. The number of allylic oxidation sites excluding steroid dienone is 2. The zero-order valence-corrected chi connectivity index (χ0v) is 22.5. The molecule has 0 radical (unpaired) electrons. The number of hydrazine groups is 2. The molecule has 0 amide bonds. The monoisotopic (exact) mass is 544 g/mol.